The molecular weight excluding hydrogens is 575 g/mol. The Bertz CT molecular complexity index is 1690. The zero-order chi connectivity index (χ0) is 31.7. The zero-order valence-electron chi connectivity index (χ0n) is 22.8. The van der Waals surface area contributed by atoms with Crippen molar-refractivity contribution in [2.45, 2.75) is 12.6 Å². The molecule has 4 aromatic rings. The molecule has 0 spiro atoms. The van der Waals surface area contributed by atoms with Crippen molar-refractivity contribution in [2.75, 3.05) is 31.4 Å². The predicted molar refractivity (Wildman–Crippen MR) is 151 cm³/mol. The zero-order valence-corrected chi connectivity index (χ0v) is 22.8. The molecule has 5 N–H and O–H groups in total. The molecule has 4 rings (SSSR count). The van der Waals surface area contributed by atoms with Gasteiger partial charge in [-0.25, -0.2) is 4.79 Å². The van der Waals surface area contributed by atoms with Crippen molar-refractivity contribution in [1.29, 1.82) is 0 Å². The number of anilines is 2. The summed E-state index contributed by atoms with van der Waals surface area (Å²) in [6.07, 6.45) is -3.26. The Balaban J connectivity index is 0.000000646. The second-order valence-electron chi connectivity index (χ2n) is 8.67. The number of aliphatic carboxylic acids is 1. The molecule has 1 heterocycles. The number of benzene rings is 3. The van der Waals surface area contributed by atoms with Crippen LogP contribution in [0.4, 0.5) is 24.5 Å². The molecular formula is C29H26F3N3O8. The lowest BCUT2D eigenvalue weighted by atomic mass is 10.1. The summed E-state index contributed by atoms with van der Waals surface area (Å²) in [5, 5.41) is 12.8. The standard InChI is InChI=1S/C27H25N3O6.C2HF3O2/c1-34-23-13-19(26(32)29-17-9-7-16(8-10-17)11-12-28)21(14-24(23)35-2)30-27(33)20-15-36-22-6-4-3-5-18(22)25(20)31;3-2(4,5)1(6)7/h3-10,13-15H,11-12,28H2,1-2H3,(H,29,32)(H,30,33);(H,6,7). The lowest BCUT2D eigenvalue weighted by Crippen LogP contribution is -2.23. The number of carboxylic acids is 1. The van der Waals surface area contributed by atoms with Gasteiger partial charge in [-0.15, -0.1) is 0 Å². The van der Waals surface area contributed by atoms with Crippen molar-refractivity contribution in [2.24, 2.45) is 5.73 Å². The van der Waals surface area contributed by atoms with Crippen LogP contribution in [0.15, 0.2) is 76.1 Å². The number of methoxy groups -OCH3 is 2. The van der Waals surface area contributed by atoms with Gasteiger partial charge in [0.2, 0.25) is 5.43 Å². The molecule has 11 nitrogen and oxygen atoms in total. The van der Waals surface area contributed by atoms with Crippen LogP contribution >= 0.6 is 0 Å². The highest BCUT2D eigenvalue weighted by Crippen LogP contribution is 2.34. The fraction of sp³-hybridized carbons (Fsp3) is 0.172. The molecule has 2 amide bonds. The van der Waals surface area contributed by atoms with Gasteiger partial charge in [-0.05, 0) is 48.9 Å². The monoisotopic (exact) mass is 601 g/mol. The molecule has 0 aliphatic heterocycles. The van der Waals surface area contributed by atoms with E-state index < -0.39 is 29.4 Å². The summed E-state index contributed by atoms with van der Waals surface area (Å²) in [5.41, 5.74) is 7.10. The second-order valence-corrected chi connectivity index (χ2v) is 8.67. The van der Waals surface area contributed by atoms with Crippen LogP contribution in [0, 0.1) is 0 Å². The molecule has 0 aliphatic carbocycles. The third-order valence-electron chi connectivity index (χ3n) is 5.83. The molecule has 0 saturated carbocycles. The molecule has 0 saturated heterocycles. The number of carbonyl (C=O) groups excluding carboxylic acids is 2. The summed E-state index contributed by atoms with van der Waals surface area (Å²) in [6.45, 7) is 0.524. The maximum Gasteiger partial charge on any atom is 0.490 e. The number of fused-ring (bicyclic) bond motifs is 1. The Morgan fingerprint density at radius 3 is 2.07 bits per heavy atom. The van der Waals surface area contributed by atoms with Crippen LogP contribution < -0.4 is 31.3 Å². The molecule has 0 atom stereocenters. The van der Waals surface area contributed by atoms with Gasteiger partial charge in [-0.1, -0.05) is 24.3 Å². The first kappa shape index (κ1) is 32.1. The SMILES string of the molecule is COc1cc(NC(=O)c2coc3ccccc3c2=O)c(C(=O)Nc2ccc(CCN)cc2)cc1OC.O=C(O)C(F)(F)F. The topological polar surface area (TPSA) is 170 Å². The van der Waals surface area contributed by atoms with E-state index in [2.05, 4.69) is 10.6 Å². The summed E-state index contributed by atoms with van der Waals surface area (Å²) in [6, 6.07) is 16.8. The Labute approximate surface area is 242 Å². The molecule has 14 heteroatoms. The number of alkyl halides is 3. The van der Waals surface area contributed by atoms with Crippen molar-refractivity contribution in [3.63, 3.8) is 0 Å². The highest BCUT2D eigenvalue weighted by molar-refractivity contribution is 6.13. The van der Waals surface area contributed by atoms with E-state index in [0.717, 1.165) is 18.2 Å². The Morgan fingerprint density at radius 2 is 1.49 bits per heavy atom. The summed E-state index contributed by atoms with van der Waals surface area (Å²) >= 11 is 0. The van der Waals surface area contributed by atoms with Gasteiger partial charge in [-0.2, -0.15) is 13.2 Å². The quantitative estimate of drug-likeness (QED) is 0.228. The fourth-order valence-electron chi connectivity index (χ4n) is 3.71. The van der Waals surface area contributed by atoms with Crippen LogP contribution in [0.1, 0.15) is 26.3 Å². The summed E-state index contributed by atoms with van der Waals surface area (Å²) in [4.78, 5) is 48.1. The van der Waals surface area contributed by atoms with Gasteiger partial charge in [-0.3, -0.25) is 14.4 Å². The van der Waals surface area contributed by atoms with Crippen LogP contribution in [0.25, 0.3) is 11.0 Å². The van der Waals surface area contributed by atoms with E-state index in [1.165, 1.54) is 26.4 Å². The first-order chi connectivity index (χ1) is 20.4. The number of amides is 2. The van der Waals surface area contributed by atoms with Crippen molar-refractivity contribution < 1.29 is 46.6 Å². The van der Waals surface area contributed by atoms with Gasteiger partial charge in [0.25, 0.3) is 11.8 Å². The Kier molecular flexibility index (Phi) is 10.5. The minimum atomic E-state index is -5.08. The number of ether oxygens (including phenoxy) is 2. The molecule has 0 aliphatic rings. The smallest absolute Gasteiger partial charge is 0.490 e. The first-order valence-electron chi connectivity index (χ1n) is 12.4. The molecule has 1 aromatic heterocycles. The summed E-state index contributed by atoms with van der Waals surface area (Å²) < 4.78 is 47.9. The molecule has 0 bridgehead atoms. The lowest BCUT2D eigenvalue weighted by molar-refractivity contribution is -0.192. The minimum Gasteiger partial charge on any atom is -0.493 e. The van der Waals surface area contributed by atoms with Crippen LogP contribution in [0.3, 0.4) is 0 Å². The van der Waals surface area contributed by atoms with E-state index in [-0.39, 0.29) is 22.2 Å². The minimum absolute atomic E-state index is 0.109. The van der Waals surface area contributed by atoms with Crippen molar-refractivity contribution in [3.05, 3.63) is 93.8 Å². The number of para-hydroxylation sites is 1. The van der Waals surface area contributed by atoms with Crippen LogP contribution in [-0.4, -0.2) is 49.8 Å². The number of hydrogen-bond donors (Lipinski definition) is 4. The normalized spacial score (nSPS) is 10.7. The van der Waals surface area contributed by atoms with E-state index >= 15 is 0 Å². The number of rotatable bonds is 8. The number of hydrogen-bond acceptors (Lipinski definition) is 8. The maximum atomic E-state index is 13.2. The summed E-state index contributed by atoms with van der Waals surface area (Å²) in [7, 11) is 2.87. The highest BCUT2D eigenvalue weighted by atomic mass is 19.4. The van der Waals surface area contributed by atoms with E-state index in [0.29, 0.717) is 29.3 Å². The summed E-state index contributed by atoms with van der Waals surface area (Å²) in [5.74, 6) is -3.40. The van der Waals surface area contributed by atoms with Crippen LogP contribution in [0.5, 0.6) is 11.5 Å². The first-order valence-corrected chi connectivity index (χ1v) is 12.4. The largest absolute Gasteiger partial charge is 0.493 e. The van der Waals surface area contributed by atoms with E-state index in [4.69, 9.17) is 29.5 Å². The van der Waals surface area contributed by atoms with Gasteiger partial charge in [0.15, 0.2) is 11.5 Å². The van der Waals surface area contributed by atoms with Crippen LogP contribution in [0.2, 0.25) is 0 Å². The average molecular weight is 602 g/mol. The number of nitrogens with one attached hydrogen (secondary N) is 2. The number of halogens is 3. The van der Waals surface area contributed by atoms with Crippen molar-refractivity contribution in [3.8, 4) is 11.5 Å². The molecule has 0 unspecified atom stereocenters. The van der Waals surface area contributed by atoms with Gasteiger partial charge in [0, 0.05) is 11.8 Å². The van der Waals surface area contributed by atoms with Gasteiger partial charge < -0.3 is 35.4 Å². The molecule has 43 heavy (non-hydrogen) atoms. The second kappa shape index (κ2) is 14.0. The van der Waals surface area contributed by atoms with Gasteiger partial charge in [0.1, 0.15) is 17.4 Å². The van der Waals surface area contributed by atoms with Gasteiger partial charge in [0.05, 0.1) is 30.9 Å². The third-order valence-corrected chi connectivity index (χ3v) is 5.83. The van der Waals surface area contributed by atoms with Crippen LogP contribution in [-0.2, 0) is 11.2 Å². The van der Waals surface area contributed by atoms with E-state index in [1.807, 2.05) is 12.1 Å². The highest BCUT2D eigenvalue weighted by Gasteiger charge is 2.38. The Hall–Kier alpha value is -5.37. The van der Waals surface area contributed by atoms with E-state index in [9.17, 15) is 27.6 Å². The van der Waals surface area contributed by atoms with Crippen molar-refractivity contribution in [1.82, 2.24) is 0 Å². The fourth-order valence-corrected chi connectivity index (χ4v) is 3.71. The Morgan fingerprint density at radius 1 is 0.907 bits per heavy atom. The number of carboxylic acid groups (broad SMARTS) is 1. The van der Waals surface area contributed by atoms with E-state index in [1.54, 1.807) is 36.4 Å². The predicted octanol–water partition coefficient (Wildman–Crippen LogP) is 4.45. The van der Waals surface area contributed by atoms with Crippen molar-refractivity contribution >= 4 is 40.1 Å². The lowest BCUT2D eigenvalue weighted by Gasteiger charge is -2.16. The van der Waals surface area contributed by atoms with Gasteiger partial charge >= 0.3 is 12.1 Å². The molecule has 226 valence electrons. The molecule has 0 fully saturated rings. The molecule has 0 radical (unpaired) electrons. The molecule has 3 aromatic carbocycles. The number of carbonyl (C=O) groups is 3. The third kappa shape index (κ3) is 8.10. The maximum absolute atomic E-state index is 13.2. The number of nitrogens with two attached hydrogens (primary N) is 1. The average Bonchev–Trinajstić information content (AvgIpc) is 2.98.